The zero-order valence-corrected chi connectivity index (χ0v) is 10.5. The van der Waals surface area contributed by atoms with Gasteiger partial charge in [0, 0.05) is 26.1 Å². The van der Waals surface area contributed by atoms with Crippen molar-refractivity contribution in [1.29, 1.82) is 0 Å². The molecular formula is C10H16N2O3S. The van der Waals surface area contributed by atoms with Gasteiger partial charge in [-0.15, -0.1) is 11.3 Å². The summed E-state index contributed by atoms with van der Waals surface area (Å²) in [5.74, 6) is -0.789. The topological polar surface area (TPSA) is 62.7 Å². The normalized spacial score (nSPS) is 10.4. The Hall–Kier alpha value is -1.14. The van der Waals surface area contributed by atoms with E-state index in [1.54, 1.807) is 7.11 Å². The van der Waals surface area contributed by atoms with Crippen LogP contribution in [-0.4, -0.2) is 37.3 Å². The lowest BCUT2D eigenvalue weighted by atomic mass is 10.2. The number of aliphatic carboxylic acids is 1. The van der Waals surface area contributed by atoms with Crippen molar-refractivity contribution in [3.63, 3.8) is 0 Å². The number of ether oxygens (including phenoxy) is 1. The first kappa shape index (κ1) is 12.9. The standard InChI is InChI=1S/C10H16N2O3S/c1-12(2)10-11-7(6-15-3)8(16-10)4-5-9(13)14/h4-6H2,1-3H3,(H,13,14). The maximum absolute atomic E-state index is 10.5. The van der Waals surface area contributed by atoms with E-state index < -0.39 is 5.97 Å². The molecule has 90 valence electrons. The van der Waals surface area contributed by atoms with Crippen molar-refractivity contribution in [3.05, 3.63) is 10.6 Å². The number of aryl methyl sites for hydroxylation is 1. The summed E-state index contributed by atoms with van der Waals surface area (Å²) in [7, 11) is 5.43. The van der Waals surface area contributed by atoms with Crippen molar-refractivity contribution in [2.24, 2.45) is 0 Å². The van der Waals surface area contributed by atoms with Gasteiger partial charge in [-0.3, -0.25) is 4.79 Å². The predicted octanol–water partition coefficient (Wildman–Crippen LogP) is 1.37. The molecule has 0 aliphatic carbocycles. The fourth-order valence-electron chi connectivity index (χ4n) is 1.23. The van der Waals surface area contributed by atoms with Crippen molar-refractivity contribution < 1.29 is 14.6 Å². The minimum atomic E-state index is -0.789. The summed E-state index contributed by atoms with van der Waals surface area (Å²) >= 11 is 1.52. The quantitative estimate of drug-likeness (QED) is 0.819. The monoisotopic (exact) mass is 244 g/mol. The van der Waals surface area contributed by atoms with Gasteiger partial charge in [0.1, 0.15) is 0 Å². The Morgan fingerprint density at radius 2 is 2.25 bits per heavy atom. The van der Waals surface area contributed by atoms with Gasteiger partial charge in [0.2, 0.25) is 0 Å². The number of carboxylic acids is 1. The van der Waals surface area contributed by atoms with E-state index in [9.17, 15) is 4.79 Å². The van der Waals surface area contributed by atoms with Crippen LogP contribution in [0.5, 0.6) is 0 Å². The summed E-state index contributed by atoms with van der Waals surface area (Å²) in [5.41, 5.74) is 0.845. The zero-order valence-electron chi connectivity index (χ0n) is 9.69. The van der Waals surface area contributed by atoms with Crippen molar-refractivity contribution in [3.8, 4) is 0 Å². The van der Waals surface area contributed by atoms with E-state index in [-0.39, 0.29) is 6.42 Å². The minimum absolute atomic E-state index is 0.131. The Labute approximate surface area is 98.7 Å². The lowest BCUT2D eigenvalue weighted by molar-refractivity contribution is -0.136. The second-order valence-electron chi connectivity index (χ2n) is 3.59. The molecule has 1 N–H and O–H groups in total. The second-order valence-corrected chi connectivity index (χ2v) is 4.65. The molecule has 0 aromatic carbocycles. The highest BCUT2D eigenvalue weighted by Gasteiger charge is 2.13. The van der Waals surface area contributed by atoms with Gasteiger partial charge in [0.25, 0.3) is 0 Å². The average molecular weight is 244 g/mol. The number of anilines is 1. The van der Waals surface area contributed by atoms with Crippen LogP contribution in [0.4, 0.5) is 5.13 Å². The summed E-state index contributed by atoms with van der Waals surface area (Å²) in [6.45, 7) is 0.430. The van der Waals surface area contributed by atoms with Crippen LogP contribution < -0.4 is 4.90 Å². The molecule has 0 saturated heterocycles. The molecule has 16 heavy (non-hydrogen) atoms. The lowest BCUT2D eigenvalue weighted by Gasteiger charge is -2.05. The minimum Gasteiger partial charge on any atom is -0.481 e. The fourth-order valence-corrected chi connectivity index (χ4v) is 2.21. The van der Waals surface area contributed by atoms with Gasteiger partial charge in [-0.05, 0) is 6.42 Å². The van der Waals surface area contributed by atoms with Crippen LogP contribution >= 0.6 is 11.3 Å². The van der Waals surface area contributed by atoms with Crippen LogP contribution in [0.25, 0.3) is 0 Å². The molecule has 0 amide bonds. The largest absolute Gasteiger partial charge is 0.481 e. The molecule has 0 unspecified atom stereocenters. The number of methoxy groups -OCH3 is 1. The Bertz CT molecular complexity index is 363. The van der Waals surface area contributed by atoms with Crippen LogP contribution in [0.1, 0.15) is 17.0 Å². The SMILES string of the molecule is COCc1nc(N(C)C)sc1CCC(=O)O. The number of hydrogen-bond acceptors (Lipinski definition) is 5. The highest BCUT2D eigenvalue weighted by Crippen LogP contribution is 2.26. The molecular weight excluding hydrogens is 228 g/mol. The number of carboxylic acid groups (broad SMARTS) is 1. The van der Waals surface area contributed by atoms with Gasteiger partial charge in [0.05, 0.1) is 18.7 Å². The first-order valence-corrected chi connectivity index (χ1v) is 5.73. The lowest BCUT2D eigenvalue weighted by Crippen LogP contribution is -2.08. The molecule has 0 bridgehead atoms. The number of carbonyl (C=O) groups is 1. The molecule has 1 heterocycles. The van der Waals surface area contributed by atoms with Crippen molar-refractivity contribution in [2.75, 3.05) is 26.1 Å². The van der Waals surface area contributed by atoms with Gasteiger partial charge < -0.3 is 14.7 Å². The molecule has 0 saturated carbocycles. The van der Waals surface area contributed by atoms with Crippen LogP contribution in [0.2, 0.25) is 0 Å². The Kier molecular flexibility index (Phi) is 4.70. The maximum atomic E-state index is 10.5. The van der Waals surface area contributed by atoms with E-state index >= 15 is 0 Å². The third kappa shape index (κ3) is 3.46. The van der Waals surface area contributed by atoms with Crippen molar-refractivity contribution in [2.45, 2.75) is 19.4 Å². The highest BCUT2D eigenvalue weighted by atomic mass is 32.1. The van der Waals surface area contributed by atoms with E-state index in [0.29, 0.717) is 13.0 Å². The van der Waals surface area contributed by atoms with Crippen molar-refractivity contribution in [1.82, 2.24) is 4.98 Å². The first-order chi connectivity index (χ1) is 7.54. The predicted molar refractivity (Wildman–Crippen MR) is 63.1 cm³/mol. The third-order valence-electron chi connectivity index (χ3n) is 2.00. The summed E-state index contributed by atoms with van der Waals surface area (Å²) in [5, 5.41) is 9.54. The van der Waals surface area contributed by atoms with Gasteiger partial charge in [-0.1, -0.05) is 0 Å². The van der Waals surface area contributed by atoms with E-state index in [2.05, 4.69) is 4.98 Å². The fraction of sp³-hybridized carbons (Fsp3) is 0.600. The first-order valence-electron chi connectivity index (χ1n) is 4.91. The van der Waals surface area contributed by atoms with Gasteiger partial charge >= 0.3 is 5.97 Å². The Balaban J connectivity index is 2.82. The third-order valence-corrected chi connectivity index (χ3v) is 3.32. The van der Waals surface area contributed by atoms with E-state index in [1.807, 2.05) is 19.0 Å². The maximum Gasteiger partial charge on any atom is 0.303 e. The molecule has 6 heteroatoms. The summed E-state index contributed by atoms with van der Waals surface area (Å²) in [6.07, 6.45) is 0.644. The average Bonchev–Trinajstić information content (AvgIpc) is 2.59. The molecule has 1 rings (SSSR count). The van der Waals surface area contributed by atoms with E-state index in [1.165, 1.54) is 11.3 Å². The van der Waals surface area contributed by atoms with Gasteiger partial charge in [-0.2, -0.15) is 0 Å². The molecule has 0 fully saturated rings. The molecule has 0 aliphatic rings. The number of hydrogen-bond donors (Lipinski definition) is 1. The molecule has 1 aromatic heterocycles. The number of rotatable bonds is 6. The summed E-state index contributed by atoms with van der Waals surface area (Å²) in [4.78, 5) is 17.8. The van der Waals surface area contributed by atoms with Gasteiger partial charge in [-0.25, -0.2) is 4.98 Å². The van der Waals surface area contributed by atoms with Gasteiger partial charge in [0.15, 0.2) is 5.13 Å². The molecule has 0 radical (unpaired) electrons. The van der Waals surface area contributed by atoms with Crippen LogP contribution in [-0.2, 0) is 22.6 Å². The Morgan fingerprint density at radius 1 is 1.56 bits per heavy atom. The van der Waals surface area contributed by atoms with E-state index in [4.69, 9.17) is 9.84 Å². The van der Waals surface area contributed by atoms with Crippen molar-refractivity contribution >= 4 is 22.4 Å². The smallest absolute Gasteiger partial charge is 0.303 e. The summed E-state index contributed by atoms with van der Waals surface area (Å²) in [6, 6.07) is 0. The number of thiazole rings is 1. The number of aromatic nitrogens is 1. The molecule has 0 atom stereocenters. The Morgan fingerprint density at radius 3 is 2.75 bits per heavy atom. The van der Waals surface area contributed by atoms with Crippen LogP contribution in [0, 0.1) is 0 Å². The summed E-state index contributed by atoms with van der Waals surface area (Å²) < 4.78 is 5.05. The van der Waals surface area contributed by atoms with Crippen LogP contribution in [0.15, 0.2) is 0 Å². The zero-order chi connectivity index (χ0) is 12.1. The van der Waals surface area contributed by atoms with Crippen LogP contribution in [0.3, 0.4) is 0 Å². The van der Waals surface area contributed by atoms with E-state index in [0.717, 1.165) is 15.7 Å². The molecule has 5 nitrogen and oxygen atoms in total. The second kappa shape index (κ2) is 5.81. The molecule has 1 aromatic rings. The molecule has 0 spiro atoms. The highest BCUT2D eigenvalue weighted by molar-refractivity contribution is 7.15. The molecule has 0 aliphatic heterocycles. The number of nitrogens with zero attached hydrogens (tertiary/aromatic N) is 2.